The van der Waals surface area contributed by atoms with Crippen molar-refractivity contribution < 1.29 is 19.1 Å². The number of aromatic nitrogens is 1. The first kappa shape index (κ1) is 22.3. The molecule has 3 aromatic rings. The van der Waals surface area contributed by atoms with Gasteiger partial charge in [-0.05, 0) is 35.9 Å². The average molecular weight is 463 g/mol. The van der Waals surface area contributed by atoms with Crippen molar-refractivity contribution in [1.82, 2.24) is 15.3 Å². The fourth-order valence-corrected chi connectivity index (χ4v) is 4.11. The summed E-state index contributed by atoms with van der Waals surface area (Å²) in [6, 6.07) is 18.0. The maximum absolute atomic E-state index is 12.9. The van der Waals surface area contributed by atoms with Crippen molar-refractivity contribution in [2.75, 3.05) is 20.0 Å². The molecule has 1 unspecified atom stereocenters. The van der Waals surface area contributed by atoms with Gasteiger partial charge < -0.3 is 14.8 Å². The van der Waals surface area contributed by atoms with E-state index in [0.29, 0.717) is 28.5 Å². The van der Waals surface area contributed by atoms with E-state index in [1.165, 1.54) is 5.01 Å². The van der Waals surface area contributed by atoms with Crippen LogP contribution in [0.25, 0.3) is 0 Å². The summed E-state index contributed by atoms with van der Waals surface area (Å²) in [7, 11) is 3.14. The highest BCUT2D eigenvalue weighted by Gasteiger charge is 2.31. The Morgan fingerprint density at radius 2 is 1.76 bits per heavy atom. The third kappa shape index (κ3) is 4.98. The lowest BCUT2D eigenvalue weighted by Crippen LogP contribution is -2.43. The van der Waals surface area contributed by atoms with E-state index in [2.05, 4.69) is 15.4 Å². The number of thioether (sulfide) groups is 1. The summed E-state index contributed by atoms with van der Waals surface area (Å²) in [5, 5.41) is 8.63. The van der Waals surface area contributed by atoms with Crippen molar-refractivity contribution in [1.29, 1.82) is 0 Å². The van der Waals surface area contributed by atoms with Gasteiger partial charge in [-0.2, -0.15) is 10.1 Å². The minimum Gasteiger partial charge on any atom is -0.493 e. The van der Waals surface area contributed by atoms with E-state index in [-0.39, 0.29) is 11.1 Å². The fraction of sp³-hybridized carbons (Fsp3) is 0.167. The van der Waals surface area contributed by atoms with Crippen LogP contribution in [0.1, 0.15) is 27.7 Å². The predicted octanol–water partition coefficient (Wildman–Crippen LogP) is 4.10. The first-order valence-corrected chi connectivity index (χ1v) is 11.1. The van der Waals surface area contributed by atoms with Gasteiger partial charge in [-0.15, -0.1) is 0 Å². The number of hydrogen-bond donors (Lipinski definition) is 1. The van der Waals surface area contributed by atoms with Gasteiger partial charge in [0.1, 0.15) is 0 Å². The zero-order chi connectivity index (χ0) is 23.2. The smallest absolute Gasteiger partial charge is 0.304 e. The second-order valence-corrected chi connectivity index (χ2v) is 7.96. The SMILES string of the molecule is COc1ccc(C2=NN(C(NC(=O)c3ccncc3)c3ccccc3)C(=O)SC2)cc1OC. The van der Waals surface area contributed by atoms with Gasteiger partial charge in [-0.3, -0.25) is 14.6 Å². The number of nitrogens with one attached hydrogen (secondary N) is 1. The summed E-state index contributed by atoms with van der Waals surface area (Å²) in [6.45, 7) is 0. The number of rotatable bonds is 7. The van der Waals surface area contributed by atoms with E-state index in [1.807, 2.05) is 42.5 Å². The molecule has 2 amide bonds. The van der Waals surface area contributed by atoms with Gasteiger partial charge in [0.05, 0.1) is 19.9 Å². The number of benzene rings is 2. The van der Waals surface area contributed by atoms with E-state index >= 15 is 0 Å². The number of carbonyl (C=O) groups excluding carboxylic acids is 2. The lowest BCUT2D eigenvalue weighted by Gasteiger charge is -2.31. The number of amides is 2. The second kappa shape index (κ2) is 10.2. The van der Waals surface area contributed by atoms with Crippen LogP contribution in [-0.2, 0) is 0 Å². The molecule has 1 aliphatic rings. The topological polar surface area (TPSA) is 93.1 Å². The lowest BCUT2D eigenvalue weighted by molar-refractivity contribution is 0.0887. The molecule has 9 heteroatoms. The molecule has 168 valence electrons. The number of hydrogen-bond acceptors (Lipinski definition) is 7. The monoisotopic (exact) mass is 462 g/mol. The van der Waals surface area contributed by atoms with Gasteiger partial charge in [0.2, 0.25) is 0 Å². The summed E-state index contributed by atoms with van der Waals surface area (Å²) in [5.74, 6) is 1.23. The zero-order valence-electron chi connectivity index (χ0n) is 18.1. The normalized spacial score (nSPS) is 14.3. The first-order chi connectivity index (χ1) is 16.1. The number of nitrogens with zero attached hydrogens (tertiary/aromatic N) is 3. The van der Waals surface area contributed by atoms with Gasteiger partial charge in [0.15, 0.2) is 17.7 Å². The Labute approximate surface area is 195 Å². The Balaban J connectivity index is 1.71. The number of hydrazone groups is 1. The highest BCUT2D eigenvalue weighted by molar-refractivity contribution is 8.14. The van der Waals surface area contributed by atoms with Crippen LogP contribution < -0.4 is 14.8 Å². The summed E-state index contributed by atoms with van der Waals surface area (Å²) >= 11 is 1.12. The number of methoxy groups -OCH3 is 2. The van der Waals surface area contributed by atoms with Crippen molar-refractivity contribution in [3.63, 3.8) is 0 Å². The summed E-state index contributed by atoms with van der Waals surface area (Å²) < 4.78 is 10.7. The number of carbonyl (C=O) groups is 2. The highest BCUT2D eigenvalue weighted by Crippen LogP contribution is 2.32. The number of pyridine rings is 1. The molecule has 0 bridgehead atoms. The Hall–Kier alpha value is -3.85. The van der Waals surface area contributed by atoms with Crippen molar-refractivity contribution in [3.05, 3.63) is 89.7 Å². The molecular formula is C24H22N4O4S. The molecule has 2 aromatic carbocycles. The molecule has 0 aliphatic carbocycles. The molecule has 1 aromatic heterocycles. The maximum Gasteiger partial charge on any atom is 0.304 e. The van der Waals surface area contributed by atoms with Crippen molar-refractivity contribution in [2.24, 2.45) is 5.10 Å². The molecule has 2 heterocycles. The van der Waals surface area contributed by atoms with E-state index in [0.717, 1.165) is 22.9 Å². The van der Waals surface area contributed by atoms with E-state index < -0.39 is 6.17 Å². The standard InChI is InChI=1S/C24H22N4O4S/c1-31-20-9-8-18(14-21(20)32-2)19-15-33-24(30)28(27-19)22(16-6-4-3-5-7-16)26-23(29)17-10-12-25-13-11-17/h3-14,22H,15H2,1-2H3,(H,26,29). The molecule has 8 nitrogen and oxygen atoms in total. The van der Waals surface area contributed by atoms with E-state index in [9.17, 15) is 9.59 Å². The van der Waals surface area contributed by atoms with Crippen molar-refractivity contribution in [2.45, 2.75) is 6.17 Å². The zero-order valence-corrected chi connectivity index (χ0v) is 18.9. The second-order valence-electron chi connectivity index (χ2n) is 7.04. The van der Waals surface area contributed by atoms with Crippen LogP contribution in [0, 0.1) is 0 Å². The molecule has 33 heavy (non-hydrogen) atoms. The maximum atomic E-state index is 12.9. The molecule has 1 aliphatic heterocycles. The third-order valence-electron chi connectivity index (χ3n) is 5.03. The van der Waals surface area contributed by atoms with Crippen LogP contribution in [0.3, 0.4) is 0 Å². The quantitative estimate of drug-likeness (QED) is 0.568. The Kier molecular flexibility index (Phi) is 6.89. The van der Waals surface area contributed by atoms with Crippen LogP contribution in [0.2, 0.25) is 0 Å². The summed E-state index contributed by atoms with van der Waals surface area (Å²) in [4.78, 5) is 29.8. The van der Waals surface area contributed by atoms with Crippen LogP contribution in [-0.4, -0.2) is 46.8 Å². The molecular weight excluding hydrogens is 440 g/mol. The lowest BCUT2D eigenvalue weighted by atomic mass is 10.1. The fourth-order valence-electron chi connectivity index (χ4n) is 3.35. The third-order valence-corrected chi connectivity index (χ3v) is 5.89. The summed E-state index contributed by atoms with van der Waals surface area (Å²) in [6.07, 6.45) is 2.30. The van der Waals surface area contributed by atoms with Gasteiger partial charge >= 0.3 is 5.24 Å². The van der Waals surface area contributed by atoms with Crippen molar-refractivity contribution in [3.8, 4) is 11.5 Å². The number of ether oxygens (including phenoxy) is 2. The van der Waals surface area contributed by atoms with Crippen LogP contribution >= 0.6 is 11.8 Å². The first-order valence-electron chi connectivity index (χ1n) is 10.1. The molecule has 0 saturated heterocycles. The van der Waals surface area contributed by atoms with Crippen LogP contribution in [0.5, 0.6) is 11.5 Å². The van der Waals surface area contributed by atoms with E-state index in [1.54, 1.807) is 44.8 Å². The minimum absolute atomic E-state index is 0.261. The largest absolute Gasteiger partial charge is 0.493 e. The average Bonchev–Trinajstić information content (AvgIpc) is 2.88. The van der Waals surface area contributed by atoms with Crippen LogP contribution in [0.15, 0.2) is 78.2 Å². The van der Waals surface area contributed by atoms with E-state index in [4.69, 9.17) is 9.47 Å². The van der Waals surface area contributed by atoms with Crippen molar-refractivity contribution >= 4 is 28.6 Å². The van der Waals surface area contributed by atoms with Gasteiger partial charge in [0, 0.05) is 29.3 Å². The van der Waals surface area contributed by atoms with Gasteiger partial charge in [-0.1, -0.05) is 42.1 Å². The Morgan fingerprint density at radius 1 is 1.03 bits per heavy atom. The van der Waals surface area contributed by atoms with Gasteiger partial charge in [-0.25, -0.2) is 0 Å². The molecule has 1 N–H and O–H groups in total. The van der Waals surface area contributed by atoms with Gasteiger partial charge in [0.25, 0.3) is 5.91 Å². The molecule has 4 rings (SSSR count). The van der Waals surface area contributed by atoms with Crippen LogP contribution in [0.4, 0.5) is 4.79 Å². The predicted molar refractivity (Wildman–Crippen MR) is 127 cm³/mol. The molecule has 0 spiro atoms. The molecule has 1 atom stereocenters. The highest BCUT2D eigenvalue weighted by atomic mass is 32.2. The molecule has 0 radical (unpaired) electrons. The molecule has 0 saturated carbocycles. The minimum atomic E-state index is -0.790. The Morgan fingerprint density at radius 3 is 2.45 bits per heavy atom. The summed E-state index contributed by atoms with van der Waals surface area (Å²) in [5.41, 5.74) is 2.64. The Bertz CT molecular complexity index is 1170. The molecule has 0 fully saturated rings.